The quantitative estimate of drug-likeness (QED) is 0.440. The van der Waals surface area contributed by atoms with Crippen LogP contribution in [0.25, 0.3) is 0 Å². The minimum absolute atomic E-state index is 0.139. The highest BCUT2D eigenvalue weighted by Gasteiger charge is 2.43. The smallest absolute Gasteiger partial charge is 0.215 e. The molecule has 6 N–H and O–H groups in total. The molecule has 1 rings (SSSR count). The van der Waals surface area contributed by atoms with Crippen LogP contribution in [0.5, 0.6) is 0 Å². The molecule has 0 aromatic carbocycles. The maximum absolute atomic E-state index is 9.83. The Labute approximate surface area is 94.8 Å². The molecule has 94 valence electrons. The molecule has 1 fully saturated rings. The molecule has 1 saturated heterocycles. The zero-order valence-electron chi connectivity index (χ0n) is 9.37. The van der Waals surface area contributed by atoms with Gasteiger partial charge in [-0.2, -0.15) is 0 Å². The molecule has 16 heavy (non-hydrogen) atoms. The fourth-order valence-electron chi connectivity index (χ4n) is 1.78. The van der Waals surface area contributed by atoms with Crippen LogP contribution in [0.2, 0.25) is 0 Å². The van der Waals surface area contributed by atoms with Crippen LogP contribution >= 0.6 is 0 Å². The van der Waals surface area contributed by atoms with E-state index >= 15 is 0 Å². The first-order valence-electron chi connectivity index (χ1n) is 5.23. The summed E-state index contributed by atoms with van der Waals surface area (Å²) >= 11 is 0. The fraction of sp³-hybridized carbons (Fsp3) is 0.800. The summed E-state index contributed by atoms with van der Waals surface area (Å²) in [6.07, 6.45) is -2.19. The van der Waals surface area contributed by atoms with Gasteiger partial charge in [-0.05, 0) is 6.92 Å². The predicted octanol–water partition coefficient (Wildman–Crippen LogP) is -1.48. The van der Waals surface area contributed by atoms with Crippen molar-refractivity contribution in [3.63, 3.8) is 0 Å². The van der Waals surface area contributed by atoms with Gasteiger partial charge in [0.05, 0.1) is 24.5 Å². The number of allylic oxidation sites excluding steroid dienone is 1. The summed E-state index contributed by atoms with van der Waals surface area (Å²) in [7, 11) is 0. The summed E-state index contributed by atoms with van der Waals surface area (Å²) in [5.74, 6) is -0.0454. The van der Waals surface area contributed by atoms with Gasteiger partial charge in [0.25, 0.3) is 0 Å². The Morgan fingerprint density at radius 2 is 2.19 bits per heavy atom. The molecule has 0 radical (unpaired) electrons. The van der Waals surface area contributed by atoms with E-state index in [1.165, 1.54) is 0 Å². The molecule has 3 unspecified atom stereocenters. The van der Waals surface area contributed by atoms with Crippen molar-refractivity contribution in [2.24, 2.45) is 17.4 Å². The van der Waals surface area contributed by atoms with Crippen molar-refractivity contribution >= 4 is 0 Å². The maximum atomic E-state index is 9.83. The number of nitrogens with two attached hydrogens (primary N) is 2. The van der Waals surface area contributed by atoms with E-state index in [0.29, 0.717) is 5.76 Å². The SMILES string of the molecule is C=C(C)O[C@H]1OC(CN)[C@@H](O)C(CO)C1N. The highest BCUT2D eigenvalue weighted by atomic mass is 16.7. The zero-order chi connectivity index (χ0) is 12.3. The fourth-order valence-corrected chi connectivity index (χ4v) is 1.78. The molecule has 6 nitrogen and oxygen atoms in total. The number of rotatable bonds is 4. The van der Waals surface area contributed by atoms with Gasteiger partial charge in [-0.3, -0.25) is 0 Å². The summed E-state index contributed by atoms with van der Waals surface area (Å²) in [5, 5.41) is 19.0. The third-order valence-electron chi connectivity index (χ3n) is 2.70. The molecular weight excluding hydrogens is 212 g/mol. The molecule has 1 heterocycles. The van der Waals surface area contributed by atoms with E-state index < -0.39 is 30.5 Å². The lowest BCUT2D eigenvalue weighted by Gasteiger charge is -2.42. The first-order valence-corrected chi connectivity index (χ1v) is 5.23. The van der Waals surface area contributed by atoms with Crippen molar-refractivity contribution in [1.29, 1.82) is 0 Å². The zero-order valence-corrected chi connectivity index (χ0v) is 9.37. The molecule has 0 aliphatic carbocycles. The minimum Gasteiger partial charge on any atom is -0.468 e. The normalized spacial score (nSPS) is 39.4. The highest BCUT2D eigenvalue weighted by Crippen LogP contribution is 2.26. The second-order valence-electron chi connectivity index (χ2n) is 4.01. The standard InChI is InChI=1S/C10H20N2O4/c1-5(2)15-10-8(12)6(4-13)9(14)7(3-11)16-10/h6-10,13-14H,1,3-4,11-12H2,2H3/t6?,7?,8?,9-,10-/m0/s1. The summed E-state index contributed by atoms with van der Waals surface area (Å²) < 4.78 is 10.7. The average molecular weight is 232 g/mol. The lowest BCUT2D eigenvalue weighted by atomic mass is 9.88. The second-order valence-corrected chi connectivity index (χ2v) is 4.01. The summed E-state index contributed by atoms with van der Waals surface area (Å²) in [5.41, 5.74) is 11.3. The molecule has 0 spiro atoms. The van der Waals surface area contributed by atoms with Crippen LogP contribution in [0.1, 0.15) is 6.92 Å². The largest absolute Gasteiger partial charge is 0.468 e. The van der Waals surface area contributed by atoms with Crippen molar-refractivity contribution in [3.8, 4) is 0 Å². The summed E-state index contributed by atoms with van der Waals surface area (Å²) in [6, 6.07) is -0.612. The van der Waals surface area contributed by atoms with Crippen LogP contribution in [-0.2, 0) is 9.47 Å². The number of aliphatic hydroxyl groups excluding tert-OH is 2. The second kappa shape index (κ2) is 5.60. The highest BCUT2D eigenvalue weighted by molar-refractivity contribution is 4.93. The maximum Gasteiger partial charge on any atom is 0.215 e. The van der Waals surface area contributed by atoms with Gasteiger partial charge in [-0.15, -0.1) is 0 Å². The van der Waals surface area contributed by atoms with Crippen molar-refractivity contribution in [2.75, 3.05) is 13.2 Å². The van der Waals surface area contributed by atoms with E-state index in [4.69, 9.17) is 20.9 Å². The van der Waals surface area contributed by atoms with Crippen molar-refractivity contribution in [1.82, 2.24) is 0 Å². The van der Waals surface area contributed by atoms with Crippen molar-refractivity contribution in [3.05, 3.63) is 12.3 Å². The van der Waals surface area contributed by atoms with Gasteiger partial charge < -0.3 is 31.2 Å². The van der Waals surface area contributed by atoms with E-state index in [9.17, 15) is 10.2 Å². The summed E-state index contributed by atoms with van der Waals surface area (Å²) in [4.78, 5) is 0. The molecule has 6 heteroatoms. The van der Waals surface area contributed by atoms with E-state index in [0.717, 1.165) is 0 Å². The van der Waals surface area contributed by atoms with E-state index in [-0.39, 0.29) is 13.2 Å². The third-order valence-corrected chi connectivity index (χ3v) is 2.70. The lowest BCUT2D eigenvalue weighted by molar-refractivity contribution is -0.235. The Bertz CT molecular complexity index is 249. The van der Waals surface area contributed by atoms with Crippen molar-refractivity contribution in [2.45, 2.75) is 31.5 Å². The topological polar surface area (TPSA) is 111 Å². The molecule has 0 amide bonds. The molecule has 1 aliphatic heterocycles. The molecule has 0 bridgehead atoms. The van der Waals surface area contributed by atoms with E-state index in [1.807, 2.05) is 0 Å². The number of hydrogen-bond donors (Lipinski definition) is 4. The molecule has 0 saturated carbocycles. The first-order chi connectivity index (χ1) is 7.51. The monoisotopic (exact) mass is 232 g/mol. The number of aliphatic hydroxyl groups is 2. The van der Waals surface area contributed by atoms with Crippen LogP contribution in [-0.4, -0.2) is 47.9 Å². The number of ether oxygens (including phenoxy) is 2. The Kier molecular flexibility index (Phi) is 4.69. The third kappa shape index (κ3) is 2.72. The van der Waals surface area contributed by atoms with Gasteiger partial charge in [0.2, 0.25) is 6.29 Å². The van der Waals surface area contributed by atoms with Gasteiger partial charge >= 0.3 is 0 Å². The Morgan fingerprint density at radius 3 is 2.62 bits per heavy atom. The Morgan fingerprint density at radius 1 is 1.56 bits per heavy atom. The summed E-state index contributed by atoms with van der Waals surface area (Å²) in [6.45, 7) is 5.17. The van der Waals surface area contributed by atoms with Crippen LogP contribution in [0.15, 0.2) is 12.3 Å². The van der Waals surface area contributed by atoms with Gasteiger partial charge in [0, 0.05) is 12.5 Å². The van der Waals surface area contributed by atoms with Gasteiger partial charge in [0.1, 0.15) is 6.10 Å². The lowest BCUT2D eigenvalue weighted by Crippen LogP contribution is -2.61. The van der Waals surface area contributed by atoms with Crippen molar-refractivity contribution < 1.29 is 19.7 Å². The number of hydrogen-bond acceptors (Lipinski definition) is 6. The predicted molar refractivity (Wildman–Crippen MR) is 58.2 cm³/mol. The Hall–Kier alpha value is -0.660. The molecular formula is C10H20N2O4. The van der Waals surface area contributed by atoms with E-state index in [2.05, 4.69) is 6.58 Å². The van der Waals surface area contributed by atoms with E-state index in [1.54, 1.807) is 6.92 Å². The first kappa shape index (κ1) is 13.4. The van der Waals surface area contributed by atoms with Crippen LogP contribution in [0.3, 0.4) is 0 Å². The van der Waals surface area contributed by atoms with Gasteiger partial charge in [0.15, 0.2) is 0 Å². The van der Waals surface area contributed by atoms with Crippen LogP contribution in [0, 0.1) is 5.92 Å². The Balaban J connectivity index is 2.76. The minimum atomic E-state index is -0.880. The van der Waals surface area contributed by atoms with Gasteiger partial charge in [-0.1, -0.05) is 6.58 Å². The van der Waals surface area contributed by atoms with Crippen LogP contribution in [0.4, 0.5) is 0 Å². The molecule has 0 aromatic rings. The van der Waals surface area contributed by atoms with Gasteiger partial charge in [-0.25, -0.2) is 0 Å². The average Bonchev–Trinajstić information content (AvgIpc) is 2.22. The molecule has 0 aromatic heterocycles. The molecule has 5 atom stereocenters. The van der Waals surface area contributed by atoms with Crippen LogP contribution < -0.4 is 11.5 Å². The molecule has 1 aliphatic rings.